The number of methoxy groups -OCH3 is 1. The summed E-state index contributed by atoms with van der Waals surface area (Å²) in [7, 11) is 1.67. The Bertz CT molecular complexity index is 303. The van der Waals surface area contributed by atoms with Gasteiger partial charge in [-0.1, -0.05) is 12.1 Å². The minimum Gasteiger partial charge on any atom is -0.383 e. The van der Waals surface area contributed by atoms with Crippen LogP contribution in [0.1, 0.15) is 25.5 Å². The van der Waals surface area contributed by atoms with E-state index in [1.807, 2.05) is 19.9 Å². The van der Waals surface area contributed by atoms with Crippen LogP contribution in [0.2, 0.25) is 0 Å². The van der Waals surface area contributed by atoms with Crippen LogP contribution in [0.3, 0.4) is 0 Å². The van der Waals surface area contributed by atoms with Crippen LogP contribution in [-0.4, -0.2) is 19.8 Å². The fraction of sp³-hybridized carbons (Fsp3) is 0.500. The lowest BCUT2D eigenvalue weighted by Crippen LogP contribution is -2.32. The number of hydrogen-bond acceptors (Lipinski definition) is 2. The average Bonchev–Trinajstić information content (AvgIpc) is 2.18. The van der Waals surface area contributed by atoms with Gasteiger partial charge in [0, 0.05) is 19.2 Å². The van der Waals surface area contributed by atoms with E-state index in [2.05, 4.69) is 5.32 Å². The predicted molar refractivity (Wildman–Crippen MR) is 59.3 cm³/mol. The second kappa shape index (κ2) is 5.83. The second-order valence-electron chi connectivity index (χ2n) is 3.80. The molecule has 1 aromatic carbocycles. The fourth-order valence-electron chi connectivity index (χ4n) is 1.60. The molecule has 1 rings (SSSR count). The molecule has 3 heteroatoms. The summed E-state index contributed by atoms with van der Waals surface area (Å²) >= 11 is 0. The number of hydrogen-bond donors (Lipinski definition) is 1. The van der Waals surface area contributed by atoms with E-state index in [1.165, 1.54) is 6.07 Å². The molecule has 2 atom stereocenters. The minimum atomic E-state index is -0.194. The third-order valence-electron chi connectivity index (χ3n) is 2.30. The van der Waals surface area contributed by atoms with E-state index in [4.69, 9.17) is 4.74 Å². The van der Waals surface area contributed by atoms with Crippen LogP contribution in [0.15, 0.2) is 24.3 Å². The normalized spacial score (nSPS) is 14.9. The summed E-state index contributed by atoms with van der Waals surface area (Å²) in [5, 5.41) is 3.33. The van der Waals surface area contributed by atoms with Crippen molar-refractivity contribution in [3.05, 3.63) is 35.6 Å². The van der Waals surface area contributed by atoms with Gasteiger partial charge in [-0.15, -0.1) is 0 Å². The van der Waals surface area contributed by atoms with Crippen LogP contribution in [0.5, 0.6) is 0 Å². The molecule has 84 valence electrons. The van der Waals surface area contributed by atoms with E-state index in [-0.39, 0.29) is 17.9 Å². The lowest BCUT2D eigenvalue weighted by atomic mass is 10.1. The molecule has 0 aliphatic carbocycles. The molecular formula is C12H18FNO. The molecule has 2 nitrogen and oxygen atoms in total. The lowest BCUT2D eigenvalue weighted by molar-refractivity contribution is 0.167. The van der Waals surface area contributed by atoms with Crippen molar-refractivity contribution >= 4 is 0 Å². The molecule has 0 spiro atoms. The molecule has 0 aliphatic heterocycles. The molecule has 0 saturated heterocycles. The number of benzene rings is 1. The number of rotatable bonds is 5. The van der Waals surface area contributed by atoms with Crippen molar-refractivity contribution in [3.63, 3.8) is 0 Å². The molecule has 0 radical (unpaired) electrons. The molecule has 0 bridgehead atoms. The summed E-state index contributed by atoms with van der Waals surface area (Å²) in [5.41, 5.74) is 0.956. The minimum absolute atomic E-state index is 0.130. The van der Waals surface area contributed by atoms with Gasteiger partial charge in [0.25, 0.3) is 0 Å². The first-order valence-electron chi connectivity index (χ1n) is 5.14. The van der Waals surface area contributed by atoms with E-state index >= 15 is 0 Å². The van der Waals surface area contributed by atoms with Crippen molar-refractivity contribution in [3.8, 4) is 0 Å². The smallest absolute Gasteiger partial charge is 0.123 e. The molecule has 0 amide bonds. The summed E-state index contributed by atoms with van der Waals surface area (Å²) in [5.74, 6) is -0.194. The van der Waals surface area contributed by atoms with Crippen molar-refractivity contribution in [1.29, 1.82) is 0 Å². The van der Waals surface area contributed by atoms with Gasteiger partial charge in [0.15, 0.2) is 0 Å². The molecular weight excluding hydrogens is 193 g/mol. The third kappa shape index (κ3) is 3.98. The van der Waals surface area contributed by atoms with Crippen LogP contribution >= 0.6 is 0 Å². The highest BCUT2D eigenvalue weighted by Gasteiger charge is 2.09. The van der Waals surface area contributed by atoms with Gasteiger partial charge in [-0.2, -0.15) is 0 Å². The van der Waals surface area contributed by atoms with Crippen molar-refractivity contribution in [1.82, 2.24) is 5.32 Å². The zero-order chi connectivity index (χ0) is 11.3. The Hall–Kier alpha value is -0.930. The highest BCUT2D eigenvalue weighted by atomic mass is 19.1. The Morgan fingerprint density at radius 2 is 2.13 bits per heavy atom. The SMILES string of the molecule is COCC(C)N[C@H](C)c1cccc(F)c1. The van der Waals surface area contributed by atoms with E-state index in [0.717, 1.165) is 5.56 Å². The van der Waals surface area contributed by atoms with E-state index < -0.39 is 0 Å². The van der Waals surface area contributed by atoms with E-state index in [1.54, 1.807) is 19.2 Å². The van der Waals surface area contributed by atoms with Gasteiger partial charge in [0.2, 0.25) is 0 Å². The van der Waals surface area contributed by atoms with Gasteiger partial charge in [-0.05, 0) is 31.5 Å². The molecule has 1 aromatic rings. The highest BCUT2D eigenvalue weighted by Crippen LogP contribution is 2.13. The van der Waals surface area contributed by atoms with Gasteiger partial charge < -0.3 is 10.1 Å². The topological polar surface area (TPSA) is 21.3 Å². The van der Waals surface area contributed by atoms with Gasteiger partial charge in [0.1, 0.15) is 5.82 Å². The predicted octanol–water partition coefficient (Wildman–Crippen LogP) is 2.51. The van der Waals surface area contributed by atoms with E-state index in [9.17, 15) is 4.39 Å². The standard InChI is InChI=1S/C12H18FNO/c1-9(8-15-3)14-10(2)11-5-4-6-12(13)7-11/h4-7,9-10,14H,8H2,1-3H3/t9?,10-/m1/s1. The van der Waals surface area contributed by atoms with Crippen molar-refractivity contribution in [2.24, 2.45) is 0 Å². The van der Waals surface area contributed by atoms with Gasteiger partial charge in [-0.25, -0.2) is 4.39 Å². The first-order chi connectivity index (χ1) is 7.13. The van der Waals surface area contributed by atoms with Crippen molar-refractivity contribution in [2.75, 3.05) is 13.7 Å². The largest absolute Gasteiger partial charge is 0.383 e. The van der Waals surface area contributed by atoms with Gasteiger partial charge in [0.05, 0.1) is 6.61 Å². The summed E-state index contributed by atoms with van der Waals surface area (Å²) in [6.07, 6.45) is 0. The maximum absolute atomic E-state index is 13.0. The third-order valence-corrected chi connectivity index (χ3v) is 2.30. The van der Waals surface area contributed by atoms with Crippen molar-refractivity contribution in [2.45, 2.75) is 25.9 Å². The zero-order valence-corrected chi connectivity index (χ0v) is 9.46. The zero-order valence-electron chi connectivity index (χ0n) is 9.46. The summed E-state index contributed by atoms with van der Waals surface area (Å²) in [4.78, 5) is 0. The first kappa shape index (κ1) is 12.1. The van der Waals surface area contributed by atoms with Crippen LogP contribution in [0.25, 0.3) is 0 Å². The molecule has 0 heterocycles. The van der Waals surface area contributed by atoms with Gasteiger partial charge >= 0.3 is 0 Å². The molecule has 0 fully saturated rings. The number of nitrogens with one attached hydrogen (secondary N) is 1. The quantitative estimate of drug-likeness (QED) is 0.808. The van der Waals surface area contributed by atoms with E-state index in [0.29, 0.717) is 6.61 Å². The monoisotopic (exact) mass is 211 g/mol. The Kier molecular flexibility index (Phi) is 4.72. The molecule has 1 N–H and O–H groups in total. The fourth-order valence-corrected chi connectivity index (χ4v) is 1.60. The maximum Gasteiger partial charge on any atom is 0.123 e. The average molecular weight is 211 g/mol. The van der Waals surface area contributed by atoms with Crippen LogP contribution < -0.4 is 5.32 Å². The molecule has 0 aliphatic rings. The number of ether oxygens (including phenoxy) is 1. The second-order valence-corrected chi connectivity index (χ2v) is 3.80. The van der Waals surface area contributed by atoms with Crippen LogP contribution in [0.4, 0.5) is 4.39 Å². The van der Waals surface area contributed by atoms with Crippen LogP contribution in [-0.2, 0) is 4.74 Å². The Morgan fingerprint density at radius 3 is 2.73 bits per heavy atom. The molecule has 0 aromatic heterocycles. The van der Waals surface area contributed by atoms with Crippen LogP contribution in [0, 0.1) is 5.82 Å². The molecule has 15 heavy (non-hydrogen) atoms. The van der Waals surface area contributed by atoms with Crippen molar-refractivity contribution < 1.29 is 9.13 Å². The summed E-state index contributed by atoms with van der Waals surface area (Å²) in [6.45, 7) is 4.71. The first-order valence-corrected chi connectivity index (χ1v) is 5.14. The lowest BCUT2D eigenvalue weighted by Gasteiger charge is -2.19. The molecule has 1 unspecified atom stereocenters. The number of halogens is 1. The molecule has 0 saturated carbocycles. The van der Waals surface area contributed by atoms with Gasteiger partial charge in [-0.3, -0.25) is 0 Å². The summed E-state index contributed by atoms with van der Waals surface area (Å²) in [6, 6.07) is 7.04. The Balaban J connectivity index is 2.56. The highest BCUT2D eigenvalue weighted by molar-refractivity contribution is 5.19. The maximum atomic E-state index is 13.0. The Labute approximate surface area is 90.4 Å². The Morgan fingerprint density at radius 1 is 1.40 bits per heavy atom. The summed E-state index contributed by atoms with van der Waals surface area (Å²) < 4.78 is 18.0.